The average molecular weight is 287 g/mol. The number of carbonyl (C=O) groups excluding carboxylic acids is 1. The maximum absolute atomic E-state index is 11.3. The number of fused-ring (bicyclic) bond motifs is 1. The molecule has 1 amide bonds. The summed E-state index contributed by atoms with van der Waals surface area (Å²) < 4.78 is 5.59. The Hall–Kier alpha value is -2.01. The number of aromatic amines is 1. The highest BCUT2D eigenvalue weighted by Crippen LogP contribution is 2.30. The Bertz CT molecular complexity index is 650. The number of methoxy groups -OCH3 is 1. The minimum atomic E-state index is 0.166. The molecule has 2 N–H and O–H groups in total. The summed E-state index contributed by atoms with van der Waals surface area (Å²) in [5.74, 6) is 1.09. The summed E-state index contributed by atoms with van der Waals surface area (Å²) in [7, 11) is 3.79. The fourth-order valence-corrected chi connectivity index (χ4v) is 3.06. The molecule has 2 heterocycles. The van der Waals surface area contributed by atoms with Crippen molar-refractivity contribution in [3.05, 3.63) is 30.0 Å². The van der Waals surface area contributed by atoms with Crippen LogP contribution in [0.1, 0.15) is 18.4 Å². The molecule has 0 spiro atoms. The third kappa shape index (κ3) is 2.88. The second-order valence-corrected chi connectivity index (χ2v) is 5.70. The molecule has 0 unspecified atom stereocenters. The summed E-state index contributed by atoms with van der Waals surface area (Å²) in [5.41, 5.74) is 2.25. The Labute approximate surface area is 124 Å². The van der Waals surface area contributed by atoms with Crippen LogP contribution in [0, 0.1) is 0 Å². The standard InChI is InChI=1S/C16H21N3O2/c1-19(10-12-4-6-15(20)18-12)9-11-3-5-14-13(7-8-17-14)16(11)21-2/h3,5,7-8,12,17H,4,6,9-10H2,1-2H3,(H,18,20)/t12-/m0/s1. The van der Waals surface area contributed by atoms with Crippen LogP contribution in [-0.2, 0) is 11.3 Å². The number of hydrogen-bond acceptors (Lipinski definition) is 3. The van der Waals surface area contributed by atoms with Gasteiger partial charge in [-0.3, -0.25) is 9.69 Å². The number of likely N-dealkylation sites (N-methyl/N-ethyl adjacent to an activating group) is 1. The van der Waals surface area contributed by atoms with Gasteiger partial charge in [0.15, 0.2) is 0 Å². The molecule has 3 rings (SSSR count). The zero-order valence-corrected chi connectivity index (χ0v) is 12.5. The molecule has 1 atom stereocenters. The van der Waals surface area contributed by atoms with E-state index in [1.54, 1.807) is 7.11 Å². The molecule has 1 aromatic heterocycles. The van der Waals surface area contributed by atoms with Gasteiger partial charge in [0.25, 0.3) is 0 Å². The van der Waals surface area contributed by atoms with Gasteiger partial charge in [-0.15, -0.1) is 0 Å². The Morgan fingerprint density at radius 1 is 1.38 bits per heavy atom. The van der Waals surface area contributed by atoms with E-state index in [4.69, 9.17) is 4.74 Å². The van der Waals surface area contributed by atoms with Crippen LogP contribution in [0.5, 0.6) is 5.75 Å². The summed E-state index contributed by atoms with van der Waals surface area (Å²) >= 11 is 0. The lowest BCUT2D eigenvalue weighted by molar-refractivity contribution is -0.119. The second-order valence-electron chi connectivity index (χ2n) is 5.70. The van der Waals surface area contributed by atoms with Crippen molar-refractivity contribution in [2.24, 2.45) is 0 Å². The number of amides is 1. The highest BCUT2D eigenvalue weighted by Gasteiger charge is 2.22. The van der Waals surface area contributed by atoms with E-state index in [2.05, 4.69) is 34.4 Å². The van der Waals surface area contributed by atoms with Crippen molar-refractivity contribution in [2.75, 3.05) is 20.7 Å². The van der Waals surface area contributed by atoms with Gasteiger partial charge in [-0.25, -0.2) is 0 Å². The lowest BCUT2D eigenvalue weighted by Crippen LogP contribution is -2.36. The zero-order valence-electron chi connectivity index (χ0n) is 12.5. The van der Waals surface area contributed by atoms with Gasteiger partial charge < -0.3 is 15.0 Å². The van der Waals surface area contributed by atoms with E-state index in [9.17, 15) is 4.79 Å². The lowest BCUT2D eigenvalue weighted by Gasteiger charge is -2.22. The zero-order chi connectivity index (χ0) is 14.8. The highest BCUT2D eigenvalue weighted by molar-refractivity contribution is 5.87. The molecular weight excluding hydrogens is 266 g/mol. The first-order valence-electron chi connectivity index (χ1n) is 7.28. The van der Waals surface area contributed by atoms with E-state index in [-0.39, 0.29) is 11.9 Å². The summed E-state index contributed by atoms with van der Waals surface area (Å²) in [6, 6.07) is 6.48. The summed E-state index contributed by atoms with van der Waals surface area (Å²) in [5, 5.41) is 4.12. The van der Waals surface area contributed by atoms with Gasteiger partial charge in [-0.2, -0.15) is 0 Å². The molecule has 5 nitrogen and oxygen atoms in total. The fraction of sp³-hybridized carbons (Fsp3) is 0.438. The van der Waals surface area contributed by atoms with E-state index in [1.807, 2.05) is 12.3 Å². The first-order valence-corrected chi connectivity index (χ1v) is 7.28. The van der Waals surface area contributed by atoms with Crippen molar-refractivity contribution >= 4 is 16.8 Å². The van der Waals surface area contributed by atoms with Crippen LogP contribution in [-0.4, -0.2) is 42.5 Å². The maximum atomic E-state index is 11.3. The molecule has 1 fully saturated rings. The van der Waals surface area contributed by atoms with Crippen LogP contribution >= 0.6 is 0 Å². The van der Waals surface area contributed by atoms with Gasteiger partial charge in [0, 0.05) is 48.2 Å². The van der Waals surface area contributed by atoms with E-state index >= 15 is 0 Å². The molecule has 1 aromatic carbocycles. The molecule has 1 aliphatic rings. The van der Waals surface area contributed by atoms with Crippen LogP contribution in [0.3, 0.4) is 0 Å². The number of aromatic nitrogens is 1. The molecule has 1 aliphatic heterocycles. The number of benzene rings is 1. The monoisotopic (exact) mass is 287 g/mol. The van der Waals surface area contributed by atoms with Gasteiger partial charge in [0.1, 0.15) is 5.75 Å². The van der Waals surface area contributed by atoms with Crippen molar-refractivity contribution in [2.45, 2.75) is 25.4 Å². The Kier molecular flexibility index (Phi) is 3.84. The van der Waals surface area contributed by atoms with Crippen molar-refractivity contribution in [1.29, 1.82) is 0 Å². The second kappa shape index (κ2) is 5.77. The maximum Gasteiger partial charge on any atom is 0.220 e. The number of nitrogens with zero attached hydrogens (tertiary/aromatic N) is 1. The number of rotatable bonds is 5. The molecule has 0 aliphatic carbocycles. The van der Waals surface area contributed by atoms with Gasteiger partial charge in [0.2, 0.25) is 5.91 Å². The SMILES string of the molecule is COc1c(CN(C)C[C@@H]2CCC(=O)N2)ccc2[nH]ccc12. The number of nitrogens with one attached hydrogen (secondary N) is 2. The van der Waals surface area contributed by atoms with Gasteiger partial charge in [-0.05, 0) is 25.6 Å². The molecule has 112 valence electrons. The molecule has 21 heavy (non-hydrogen) atoms. The summed E-state index contributed by atoms with van der Waals surface area (Å²) in [4.78, 5) is 16.7. The van der Waals surface area contributed by atoms with E-state index in [0.717, 1.165) is 41.7 Å². The Morgan fingerprint density at radius 2 is 2.24 bits per heavy atom. The summed E-state index contributed by atoms with van der Waals surface area (Å²) in [6.45, 7) is 1.66. The van der Waals surface area contributed by atoms with E-state index < -0.39 is 0 Å². The van der Waals surface area contributed by atoms with Crippen molar-refractivity contribution in [3.63, 3.8) is 0 Å². The average Bonchev–Trinajstić information content (AvgIpc) is 3.07. The summed E-state index contributed by atoms with van der Waals surface area (Å²) in [6.07, 6.45) is 3.50. The largest absolute Gasteiger partial charge is 0.496 e. The topological polar surface area (TPSA) is 57.4 Å². The smallest absolute Gasteiger partial charge is 0.220 e. The molecule has 5 heteroatoms. The lowest BCUT2D eigenvalue weighted by atomic mass is 10.1. The Balaban J connectivity index is 1.73. The predicted molar refractivity (Wildman–Crippen MR) is 82.3 cm³/mol. The molecular formula is C16H21N3O2. The number of ether oxygens (including phenoxy) is 1. The number of hydrogen-bond donors (Lipinski definition) is 2. The van der Waals surface area contributed by atoms with Gasteiger partial charge >= 0.3 is 0 Å². The number of carbonyl (C=O) groups is 1. The minimum Gasteiger partial charge on any atom is -0.496 e. The molecule has 0 bridgehead atoms. The molecule has 0 radical (unpaired) electrons. The Morgan fingerprint density at radius 3 is 2.95 bits per heavy atom. The molecule has 1 saturated heterocycles. The quantitative estimate of drug-likeness (QED) is 0.883. The van der Waals surface area contributed by atoms with Crippen LogP contribution in [0.4, 0.5) is 0 Å². The molecule has 0 saturated carbocycles. The van der Waals surface area contributed by atoms with Gasteiger partial charge in [-0.1, -0.05) is 6.07 Å². The fourth-order valence-electron chi connectivity index (χ4n) is 3.06. The highest BCUT2D eigenvalue weighted by atomic mass is 16.5. The first kappa shape index (κ1) is 13.9. The van der Waals surface area contributed by atoms with Crippen molar-refractivity contribution in [1.82, 2.24) is 15.2 Å². The third-order valence-corrected chi connectivity index (χ3v) is 4.03. The minimum absolute atomic E-state index is 0.166. The van der Waals surface area contributed by atoms with E-state index in [0.29, 0.717) is 6.42 Å². The number of H-pyrrole nitrogens is 1. The predicted octanol–water partition coefficient (Wildman–Crippen LogP) is 1.89. The van der Waals surface area contributed by atoms with Crippen LogP contribution < -0.4 is 10.1 Å². The first-order chi connectivity index (χ1) is 10.2. The van der Waals surface area contributed by atoms with Crippen LogP contribution in [0.15, 0.2) is 24.4 Å². The van der Waals surface area contributed by atoms with Crippen molar-refractivity contribution < 1.29 is 9.53 Å². The van der Waals surface area contributed by atoms with Crippen molar-refractivity contribution in [3.8, 4) is 5.75 Å². The van der Waals surface area contributed by atoms with Crippen LogP contribution in [0.2, 0.25) is 0 Å². The van der Waals surface area contributed by atoms with E-state index in [1.165, 1.54) is 0 Å². The third-order valence-electron chi connectivity index (χ3n) is 4.03. The molecule has 2 aromatic rings. The normalized spacial score (nSPS) is 18.4. The van der Waals surface area contributed by atoms with Gasteiger partial charge in [0.05, 0.1) is 7.11 Å². The van der Waals surface area contributed by atoms with Crippen LogP contribution in [0.25, 0.3) is 10.9 Å².